The molecule has 0 fully saturated rings. The maximum atomic E-state index is 10.7. The third kappa shape index (κ3) is 9.03. The van der Waals surface area contributed by atoms with E-state index >= 15 is 0 Å². The number of esters is 2. The molecule has 4 heteroatoms. The Hall–Kier alpha value is -1.06. The van der Waals surface area contributed by atoms with Crippen LogP contribution >= 0.6 is 0 Å². The van der Waals surface area contributed by atoms with E-state index in [1.807, 2.05) is 0 Å². The number of carbonyl (C=O) groups is 2. The van der Waals surface area contributed by atoms with Gasteiger partial charge in [-0.2, -0.15) is 0 Å². The van der Waals surface area contributed by atoms with Crippen molar-refractivity contribution >= 4 is 11.9 Å². The van der Waals surface area contributed by atoms with Crippen LogP contribution in [0, 0.1) is 0 Å². The first-order chi connectivity index (χ1) is 6.66. The van der Waals surface area contributed by atoms with Crippen LogP contribution in [0.3, 0.4) is 0 Å². The van der Waals surface area contributed by atoms with E-state index in [0.717, 1.165) is 25.7 Å². The average Bonchev–Trinajstić information content (AvgIpc) is 2.15. The van der Waals surface area contributed by atoms with Gasteiger partial charge in [0.2, 0.25) is 0 Å². The number of carbonyl (C=O) groups excluding carboxylic acids is 2. The van der Waals surface area contributed by atoms with Gasteiger partial charge in [-0.1, -0.05) is 12.8 Å². The summed E-state index contributed by atoms with van der Waals surface area (Å²) in [5.41, 5.74) is 0. The lowest BCUT2D eigenvalue weighted by Gasteiger charge is -2.01. The predicted octanol–water partition coefficient (Wildman–Crippen LogP) is 1.67. The van der Waals surface area contributed by atoms with Crippen LogP contribution in [0.15, 0.2) is 0 Å². The van der Waals surface area contributed by atoms with Crippen molar-refractivity contribution in [2.45, 2.75) is 39.0 Å². The van der Waals surface area contributed by atoms with Gasteiger partial charge in [-0.25, -0.2) is 0 Å². The molecular formula is C10H18O4. The molecule has 0 unspecified atom stereocenters. The van der Waals surface area contributed by atoms with Crippen LogP contribution in [-0.2, 0) is 19.1 Å². The van der Waals surface area contributed by atoms with E-state index in [9.17, 15) is 9.59 Å². The summed E-state index contributed by atoms with van der Waals surface area (Å²) in [4.78, 5) is 21.1. The highest BCUT2D eigenvalue weighted by molar-refractivity contribution is 5.68. The molecule has 0 aromatic carbocycles. The Morgan fingerprint density at radius 1 is 1.07 bits per heavy atom. The van der Waals surface area contributed by atoms with Crippen molar-refractivity contribution < 1.29 is 19.1 Å². The van der Waals surface area contributed by atoms with Crippen LogP contribution in [0.1, 0.15) is 39.0 Å². The lowest BCUT2D eigenvalue weighted by molar-refractivity contribution is -0.141. The molecule has 0 atom stereocenters. The SMILES string of the molecule is COC(=O)CCCCCCOC(C)=O. The molecule has 0 aliphatic heterocycles. The number of ether oxygens (including phenoxy) is 2. The number of methoxy groups -OCH3 is 1. The summed E-state index contributed by atoms with van der Waals surface area (Å²) in [6, 6.07) is 0. The van der Waals surface area contributed by atoms with Crippen LogP contribution in [0.4, 0.5) is 0 Å². The molecule has 0 radical (unpaired) electrons. The highest BCUT2D eigenvalue weighted by atomic mass is 16.5. The second-order valence-corrected chi connectivity index (χ2v) is 3.08. The van der Waals surface area contributed by atoms with Gasteiger partial charge in [-0.3, -0.25) is 9.59 Å². The second-order valence-electron chi connectivity index (χ2n) is 3.08. The molecule has 0 rings (SSSR count). The van der Waals surface area contributed by atoms with Crippen LogP contribution in [0.2, 0.25) is 0 Å². The van der Waals surface area contributed by atoms with Crippen molar-refractivity contribution in [2.75, 3.05) is 13.7 Å². The van der Waals surface area contributed by atoms with E-state index in [0.29, 0.717) is 13.0 Å². The molecule has 0 aromatic rings. The quantitative estimate of drug-likeness (QED) is 0.465. The minimum atomic E-state index is -0.237. The van der Waals surface area contributed by atoms with Crippen molar-refractivity contribution in [3.63, 3.8) is 0 Å². The molecule has 0 N–H and O–H groups in total. The largest absolute Gasteiger partial charge is 0.469 e. The number of rotatable bonds is 7. The third-order valence-corrected chi connectivity index (χ3v) is 1.81. The summed E-state index contributed by atoms with van der Waals surface area (Å²) in [6.07, 6.45) is 4.12. The summed E-state index contributed by atoms with van der Waals surface area (Å²) >= 11 is 0. The van der Waals surface area contributed by atoms with E-state index < -0.39 is 0 Å². The highest BCUT2D eigenvalue weighted by Crippen LogP contribution is 2.03. The van der Waals surface area contributed by atoms with Gasteiger partial charge in [0, 0.05) is 13.3 Å². The molecule has 14 heavy (non-hydrogen) atoms. The molecule has 0 amide bonds. The summed E-state index contributed by atoms with van der Waals surface area (Å²) in [7, 11) is 1.39. The van der Waals surface area contributed by atoms with E-state index in [1.165, 1.54) is 14.0 Å². The Kier molecular flexibility index (Phi) is 7.89. The van der Waals surface area contributed by atoms with E-state index in [1.54, 1.807) is 0 Å². The summed E-state index contributed by atoms with van der Waals surface area (Å²) < 4.78 is 9.26. The molecule has 0 aliphatic carbocycles. The Morgan fingerprint density at radius 2 is 1.71 bits per heavy atom. The molecule has 0 spiro atoms. The van der Waals surface area contributed by atoms with Gasteiger partial charge in [0.05, 0.1) is 13.7 Å². The first-order valence-electron chi connectivity index (χ1n) is 4.87. The Labute approximate surface area is 84.6 Å². The van der Waals surface area contributed by atoms with Gasteiger partial charge < -0.3 is 9.47 Å². The van der Waals surface area contributed by atoms with Gasteiger partial charge in [-0.05, 0) is 12.8 Å². The second kappa shape index (κ2) is 8.53. The van der Waals surface area contributed by atoms with E-state index in [-0.39, 0.29) is 11.9 Å². The van der Waals surface area contributed by atoms with Gasteiger partial charge in [0.1, 0.15) is 0 Å². The molecule has 0 bridgehead atoms. The first-order valence-corrected chi connectivity index (χ1v) is 4.87. The summed E-state index contributed by atoms with van der Waals surface area (Å²) in [5, 5.41) is 0. The molecule has 0 aromatic heterocycles. The van der Waals surface area contributed by atoms with Crippen LogP contribution in [0.5, 0.6) is 0 Å². The lowest BCUT2D eigenvalue weighted by Crippen LogP contribution is -2.01. The number of hydrogen-bond donors (Lipinski definition) is 0. The summed E-state index contributed by atoms with van der Waals surface area (Å²) in [5.74, 6) is -0.399. The minimum absolute atomic E-state index is 0.162. The molecular weight excluding hydrogens is 184 g/mol. The zero-order valence-electron chi connectivity index (χ0n) is 8.88. The fraction of sp³-hybridized carbons (Fsp3) is 0.800. The van der Waals surface area contributed by atoms with Crippen molar-refractivity contribution in [1.29, 1.82) is 0 Å². The molecule has 0 saturated heterocycles. The van der Waals surface area contributed by atoms with Crippen molar-refractivity contribution in [1.82, 2.24) is 0 Å². The Balaban J connectivity index is 3.06. The Bertz CT molecular complexity index is 177. The van der Waals surface area contributed by atoms with Crippen molar-refractivity contribution in [2.24, 2.45) is 0 Å². The van der Waals surface area contributed by atoms with Crippen LogP contribution in [0.25, 0.3) is 0 Å². The van der Waals surface area contributed by atoms with Crippen LogP contribution < -0.4 is 0 Å². The monoisotopic (exact) mass is 202 g/mol. The van der Waals surface area contributed by atoms with Crippen molar-refractivity contribution in [3.8, 4) is 0 Å². The predicted molar refractivity (Wildman–Crippen MR) is 51.7 cm³/mol. The summed E-state index contributed by atoms with van der Waals surface area (Å²) in [6.45, 7) is 1.88. The maximum Gasteiger partial charge on any atom is 0.305 e. The normalized spacial score (nSPS) is 9.57. The van der Waals surface area contributed by atoms with Gasteiger partial charge in [0.15, 0.2) is 0 Å². The molecule has 82 valence electrons. The van der Waals surface area contributed by atoms with Crippen LogP contribution in [-0.4, -0.2) is 25.7 Å². The zero-order chi connectivity index (χ0) is 10.8. The van der Waals surface area contributed by atoms with E-state index in [2.05, 4.69) is 4.74 Å². The number of hydrogen-bond acceptors (Lipinski definition) is 4. The fourth-order valence-corrected chi connectivity index (χ4v) is 1.04. The average molecular weight is 202 g/mol. The minimum Gasteiger partial charge on any atom is -0.469 e. The zero-order valence-corrected chi connectivity index (χ0v) is 8.88. The molecule has 0 heterocycles. The molecule has 0 saturated carbocycles. The topological polar surface area (TPSA) is 52.6 Å². The van der Waals surface area contributed by atoms with Gasteiger partial charge in [-0.15, -0.1) is 0 Å². The molecule has 4 nitrogen and oxygen atoms in total. The standard InChI is InChI=1S/C10H18O4/c1-9(11)14-8-6-4-3-5-7-10(12)13-2/h3-8H2,1-2H3. The third-order valence-electron chi connectivity index (χ3n) is 1.81. The fourth-order valence-electron chi connectivity index (χ4n) is 1.04. The highest BCUT2D eigenvalue weighted by Gasteiger charge is 1.99. The number of unbranched alkanes of at least 4 members (excludes halogenated alkanes) is 3. The Morgan fingerprint density at radius 3 is 2.29 bits per heavy atom. The van der Waals surface area contributed by atoms with Gasteiger partial charge in [0.25, 0.3) is 0 Å². The van der Waals surface area contributed by atoms with Gasteiger partial charge >= 0.3 is 11.9 Å². The smallest absolute Gasteiger partial charge is 0.305 e. The van der Waals surface area contributed by atoms with Crippen molar-refractivity contribution in [3.05, 3.63) is 0 Å². The first kappa shape index (κ1) is 12.9. The lowest BCUT2D eigenvalue weighted by atomic mass is 10.1. The van der Waals surface area contributed by atoms with E-state index in [4.69, 9.17) is 4.74 Å². The molecule has 0 aliphatic rings. The maximum absolute atomic E-state index is 10.7.